The molecule has 0 aromatic heterocycles. The van der Waals surface area contributed by atoms with Crippen molar-refractivity contribution in [1.82, 2.24) is 9.80 Å². The van der Waals surface area contributed by atoms with Crippen molar-refractivity contribution in [3.05, 3.63) is 78.4 Å². The third kappa shape index (κ3) is 4.87. The average Bonchev–Trinajstić information content (AvgIpc) is 3.33. The van der Waals surface area contributed by atoms with Crippen LogP contribution in [-0.2, 0) is 11.3 Å². The van der Waals surface area contributed by atoms with Crippen molar-refractivity contribution in [1.29, 1.82) is 0 Å². The molecule has 170 valence electrons. The van der Waals surface area contributed by atoms with Crippen molar-refractivity contribution in [2.45, 2.75) is 19.5 Å². The molecule has 6 heteroatoms. The molecule has 0 radical (unpaired) electrons. The van der Waals surface area contributed by atoms with Crippen molar-refractivity contribution in [2.75, 3.05) is 38.3 Å². The quantitative estimate of drug-likeness (QED) is 0.618. The number of ether oxygens (including phenoxy) is 2. The molecule has 0 aliphatic carbocycles. The molecule has 3 aromatic carbocycles. The number of nitrogens with one attached hydrogen (secondary N) is 1. The lowest BCUT2D eigenvalue weighted by molar-refractivity contribution is -0.121. The van der Waals surface area contributed by atoms with E-state index in [9.17, 15) is 4.79 Å². The zero-order chi connectivity index (χ0) is 22.6. The van der Waals surface area contributed by atoms with Crippen LogP contribution in [0.5, 0.6) is 11.5 Å². The van der Waals surface area contributed by atoms with Crippen LogP contribution in [-0.4, -0.2) is 54.7 Å². The summed E-state index contributed by atoms with van der Waals surface area (Å²) >= 11 is 0. The minimum Gasteiger partial charge on any atom is -0.454 e. The molecular weight excluding hydrogens is 414 g/mol. The number of carbonyl (C=O) groups is 1. The van der Waals surface area contributed by atoms with E-state index in [0.717, 1.165) is 61.0 Å². The summed E-state index contributed by atoms with van der Waals surface area (Å²) in [4.78, 5) is 17.8. The summed E-state index contributed by atoms with van der Waals surface area (Å²) in [5.41, 5.74) is 4.20. The first-order valence-corrected chi connectivity index (χ1v) is 11.5. The van der Waals surface area contributed by atoms with Gasteiger partial charge in [0.25, 0.3) is 0 Å². The minimum atomic E-state index is -0.193. The first-order valence-electron chi connectivity index (χ1n) is 11.5. The Morgan fingerprint density at radius 2 is 1.64 bits per heavy atom. The van der Waals surface area contributed by atoms with Gasteiger partial charge in [0.15, 0.2) is 11.5 Å². The number of rotatable bonds is 6. The van der Waals surface area contributed by atoms with Crippen LogP contribution in [0.3, 0.4) is 0 Å². The summed E-state index contributed by atoms with van der Waals surface area (Å²) in [5, 5.41) is 3.16. The molecule has 5 rings (SSSR count). The number of nitrogens with zero attached hydrogens (tertiary/aromatic N) is 2. The molecule has 1 unspecified atom stereocenters. The van der Waals surface area contributed by atoms with Gasteiger partial charge in [-0.05, 0) is 36.2 Å². The molecule has 3 aromatic rings. The first kappa shape index (κ1) is 21.5. The van der Waals surface area contributed by atoms with Crippen LogP contribution in [0.4, 0.5) is 5.69 Å². The molecule has 0 spiro atoms. The van der Waals surface area contributed by atoms with Gasteiger partial charge in [0, 0.05) is 44.0 Å². The van der Waals surface area contributed by atoms with Crippen molar-refractivity contribution in [3.8, 4) is 22.6 Å². The number of benzene rings is 3. The Kier molecular flexibility index (Phi) is 6.28. The van der Waals surface area contributed by atoms with Crippen LogP contribution in [0.2, 0.25) is 0 Å². The second-order valence-corrected chi connectivity index (χ2v) is 8.58. The molecule has 1 N–H and O–H groups in total. The second-order valence-electron chi connectivity index (χ2n) is 8.58. The number of hydrogen-bond acceptors (Lipinski definition) is 5. The van der Waals surface area contributed by atoms with E-state index >= 15 is 0 Å². The van der Waals surface area contributed by atoms with Gasteiger partial charge in [-0.3, -0.25) is 14.6 Å². The highest BCUT2D eigenvalue weighted by Crippen LogP contribution is 2.33. The van der Waals surface area contributed by atoms with Crippen molar-refractivity contribution in [3.63, 3.8) is 0 Å². The number of piperazine rings is 1. The average molecular weight is 444 g/mol. The van der Waals surface area contributed by atoms with Crippen LogP contribution >= 0.6 is 0 Å². The van der Waals surface area contributed by atoms with Crippen LogP contribution in [0.25, 0.3) is 11.1 Å². The maximum absolute atomic E-state index is 13.1. The van der Waals surface area contributed by atoms with Crippen LogP contribution in [0.15, 0.2) is 72.8 Å². The Hall–Kier alpha value is -3.35. The number of amides is 1. The minimum absolute atomic E-state index is 0.0302. The highest BCUT2D eigenvalue weighted by molar-refractivity contribution is 5.98. The summed E-state index contributed by atoms with van der Waals surface area (Å²) in [7, 11) is 0. The van der Waals surface area contributed by atoms with Crippen molar-refractivity contribution in [2.24, 2.45) is 0 Å². The van der Waals surface area contributed by atoms with Gasteiger partial charge in [-0.15, -0.1) is 0 Å². The zero-order valence-corrected chi connectivity index (χ0v) is 18.9. The van der Waals surface area contributed by atoms with Crippen molar-refractivity contribution >= 4 is 11.6 Å². The molecule has 1 saturated heterocycles. The van der Waals surface area contributed by atoms with Gasteiger partial charge < -0.3 is 14.8 Å². The molecule has 0 saturated carbocycles. The van der Waals surface area contributed by atoms with Gasteiger partial charge in [0.2, 0.25) is 12.7 Å². The fourth-order valence-electron chi connectivity index (χ4n) is 4.47. The second kappa shape index (κ2) is 9.65. The molecule has 33 heavy (non-hydrogen) atoms. The molecule has 2 aliphatic rings. The van der Waals surface area contributed by atoms with Gasteiger partial charge in [-0.2, -0.15) is 0 Å². The molecular formula is C27H29N3O3. The Balaban J connectivity index is 1.17. The summed E-state index contributed by atoms with van der Waals surface area (Å²) in [6.45, 7) is 6.73. The third-order valence-electron chi connectivity index (χ3n) is 6.45. The third-order valence-corrected chi connectivity index (χ3v) is 6.45. The van der Waals surface area contributed by atoms with E-state index in [2.05, 4.69) is 39.4 Å². The topological polar surface area (TPSA) is 54.0 Å². The fraction of sp³-hybridized carbons (Fsp3) is 0.296. The Labute approximate surface area is 194 Å². The smallest absolute Gasteiger partial charge is 0.241 e. The fourth-order valence-corrected chi connectivity index (χ4v) is 4.47. The number of anilines is 1. The lowest BCUT2D eigenvalue weighted by Crippen LogP contribution is -2.52. The van der Waals surface area contributed by atoms with E-state index in [0.29, 0.717) is 6.79 Å². The van der Waals surface area contributed by atoms with Gasteiger partial charge in [-0.25, -0.2) is 0 Å². The van der Waals surface area contributed by atoms with Crippen LogP contribution in [0, 0.1) is 0 Å². The van der Waals surface area contributed by atoms with Crippen LogP contribution in [0.1, 0.15) is 12.5 Å². The molecule has 0 bridgehead atoms. The van der Waals surface area contributed by atoms with E-state index in [-0.39, 0.29) is 11.9 Å². The summed E-state index contributed by atoms with van der Waals surface area (Å²) in [6.07, 6.45) is 0. The number of carbonyl (C=O) groups excluding carboxylic acids is 1. The van der Waals surface area contributed by atoms with E-state index < -0.39 is 0 Å². The number of fused-ring (bicyclic) bond motifs is 1. The lowest BCUT2D eigenvalue weighted by atomic mass is 10.0. The molecule has 6 nitrogen and oxygen atoms in total. The largest absolute Gasteiger partial charge is 0.454 e. The van der Waals surface area contributed by atoms with E-state index in [1.54, 1.807) is 0 Å². The van der Waals surface area contributed by atoms with Gasteiger partial charge >= 0.3 is 0 Å². The highest BCUT2D eigenvalue weighted by Gasteiger charge is 2.26. The monoisotopic (exact) mass is 443 g/mol. The van der Waals surface area contributed by atoms with Gasteiger partial charge in [0.05, 0.1) is 6.04 Å². The predicted octanol–water partition coefficient (Wildman–Crippen LogP) is 4.23. The standard InChI is InChI=1S/C27H29N3O3/c1-20(27(31)28-24-10-6-5-9-23(24)22-7-3-2-4-8-22)30-15-13-29(14-16-30)18-21-11-12-25-26(17-21)33-19-32-25/h2-12,17,20H,13-16,18-19H2,1H3,(H,28,31). The maximum atomic E-state index is 13.1. The molecule has 1 atom stereocenters. The lowest BCUT2D eigenvalue weighted by Gasteiger charge is -2.37. The zero-order valence-electron chi connectivity index (χ0n) is 18.9. The molecule has 1 fully saturated rings. The van der Waals surface area contributed by atoms with E-state index in [1.165, 1.54) is 5.56 Å². The number of hydrogen-bond donors (Lipinski definition) is 1. The molecule has 2 aliphatic heterocycles. The van der Waals surface area contributed by atoms with Gasteiger partial charge in [0.1, 0.15) is 0 Å². The van der Waals surface area contributed by atoms with Crippen LogP contribution < -0.4 is 14.8 Å². The normalized spacial score (nSPS) is 17.0. The summed E-state index contributed by atoms with van der Waals surface area (Å²) in [5.74, 6) is 1.67. The summed E-state index contributed by atoms with van der Waals surface area (Å²) in [6, 6.07) is 24.1. The van der Waals surface area contributed by atoms with E-state index in [1.807, 2.05) is 55.5 Å². The Bertz CT molecular complexity index is 1110. The molecule has 2 heterocycles. The summed E-state index contributed by atoms with van der Waals surface area (Å²) < 4.78 is 10.9. The Morgan fingerprint density at radius 1 is 0.909 bits per heavy atom. The first-order chi connectivity index (χ1) is 16.2. The highest BCUT2D eigenvalue weighted by atomic mass is 16.7. The molecule has 1 amide bonds. The van der Waals surface area contributed by atoms with E-state index in [4.69, 9.17) is 9.47 Å². The maximum Gasteiger partial charge on any atom is 0.241 e. The SMILES string of the molecule is CC(C(=O)Nc1ccccc1-c1ccccc1)N1CCN(Cc2ccc3c(c2)OCO3)CC1. The van der Waals surface area contributed by atoms with Gasteiger partial charge in [-0.1, -0.05) is 54.6 Å². The Morgan fingerprint density at radius 3 is 2.45 bits per heavy atom. The number of para-hydroxylation sites is 1. The van der Waals surface area contributed by atoms with Crippen molar-refractivity contribution < 1.29 is 14.3 Å². The predicted molar refractivity (Wildman–Crippen MR) is 129 cm³/mol.